The van der Waals surface area contributed by atoms with E-state index in [1.54, 1.807) is 18.2 Å². The molecule has 0 aliphatic carbocycles. The Bertz CT molecular complexity index is 527. The van der Waals surface area contributed by atoms with E-state index in [9.17, 15) is 4.79 Å². The lowest BCUT2D eigenvalue weighted by atomic mass is 10.2. The standard InChI is InChI=1S/C16H21NO5/c1-12(11-17-4-6-19-7-5-17)22-16(18)13-2-3-14-15(10-13)21-9-8-20-14/h2-3,10,12H,4-9,11H2,1H3/p+1/t12-/m0/s1. The molecule has 6 nitrogen and oxygen atoms in total. The molecule has 3 rings (SSSR count). The van der Waals surface area contributed by atoms with Gasteiger partial charge >= 0.3 is 5.97 Å². The van der Waals surface area contributed by atoms with Crippen molar-refractivity contribution in [2.75, 3.05) is 46.1 Å². The van der Waals surface area contributed by atoms with E-state index in [-0.39, 0.29) is 12.1 Å². The van der Waals surface area contributed by atoms with Gasteiger partial charge in [-0.05, 0) is 25.1 Å². The molecule has 6 heteroatoms. The number of morpholine rings is 1. The summed E-state index contributed by atoms with van der Waals surface area (Å²) in [6, 6.07) is 5.15. The number of nitrogens with one attached hydrogen (secondary N) is 1. The highest BCUT2D eigenvalue weighted by atomic mass is 16.6. The van der Waals surface area contributed by atoms with Crippen LogP contribution in [-0.2, 0) is 9.47 Å². The summed E-state index contributed by atoms with van der Waals surface area (Å²) in [5.41, 5.74) is 0.494. The summed E-state index contributed by atoms with van der Waals surface area (Å²) >= 11 is 0. The summed E-state index contributed by atoms with van der Waals surface area (Å²) in [5, 5.41) is 0. The molecule has 1 N–H and O–H groups in total. The Hall–Kier alpha value is -1.79. The summed E-state index contributed by atoms with van der Waals surface area (Å²) < 4.78 is 21.8. The molecule has 2 aliphatic rings. The smallest absolute Gasteiger partial charge is 0.338 e. The molecule has 120 valence electrons. The minimum atomic E-state index is -0.322. The summed E-state index contributed by atoms with van der Waals surface area (Å²) in [7, 11) is 0. The largest absolute Gasteiger partial charge is 0.486 e. The minimum Gasteiger partial charge on any atom is -0.486 e. The molecule has 0 unspecified atom stereocenters. The lowest BCUT2D eigenvalue weighted by molar-refractivity contribution is -0.910. The van der Waals surface area contributed by atoms with Crippen molar-refractivity contribution in [1.29, 1.82) is 0 Å². The van der Waals surface area contributed by atoms with Crippen LogP contribution in [-0.4, -0.2) is 58.1 Å². The topological polar surface area (TPSA) is 58.4 Å². The van der Waals surface area contributed by atoms with E-state index in [1.165, 1.54) is 4.90 Å². The third-order valence-electron chi connectivity index (χ3n) is 3.86. The van der Waals surface area contributed by atoms with Crippen LogP contribution >= 0.6 is 0 Å². The van der Waals surface area contributed by atoms with Crippen LogP contribution in [0.1, 0.15) is 17.3 Å². The quantitative estimate of drug-likeness (QED) is 0.789. The van der Waals surface area contributed by atoms with Gasteiger partial charge in [-0.1, -0.05) is 0 Å². The molecule has 0 saturated carbocycles. The second-order valence-corrected chi connectivity index (χ2v) is 5.64. The number of carbonyl (C=O) groups excluding carboxylic acids is 1. The predicted octanol–water partition coefficient (Wildman–Crippen LogP) is -0.0818. The van der Waals surface area contributed by atoms with Gasteiger partial charge in [0, 0.05) is 0 Å². The zero-order valence-electron chi connectivity index (χ0n) is 12.8. The van der Waals surface area contributed by atoms with E-state index < -0.39 is 0 Å². The monoisotopic (exact) mass is 308 g/mol. The normalized spacial score (nSPS) is 19.5. The molecule has 2 heterocycles. The van der Waals surface area contributed by atoms with Gasteiger partial charge in [0.2, 0.25) is 0 Å². The Labute approximate surface area is 129 Å². The summed E-state index contributed by atoms with van der Waals surface area (Å²) in [6.45, 7) is 7.25. The van der Waals surface area contributed by atoms with Crippen LogP contribution in [0.2, 0.25) is 0 Å². The first-order valence-corrected chi connectivity index (χ1v) is 7.74. The zero-order valence-corrected chi connectivity index (χ0v) is 12.8. The number of hydrogen-bond acceptors (Lipinski definition) is 5. The van der Waals surface area contributed by atoms with E-state index in [2.05, 4.69) is 0 Å². The molecular weight excluding hydrogens is 286 g/mol. The minimum absolute atomic E-state index is 0.131. The second kappa shape index (κ2) is 6.98. The van der Waals surface area contributed by atoms with E-state index in [1.807, 2.05) is 6.92 Å². The molecule has 1 saturated heterocycles. The van der Waals surface area contributed by atoms with Crippen molar-refractivity contribution >= 4 is 5.97 Å². The Balaban J connectivity index is 1.56. The van der Waals surface area contributed by atoms with Crippen LogP contribution in [0.3, 0.4) is 0 Å². The molecular formula is C16H22NO5+. The molecule has 0 radical (unpaired) electrons. The van der Waals surface area contributed by atoms with Crippen molar-refractivity contribution in [3.8, 4) is 11.5 Å². The van der Waals surface area contributed by atoms with Crippen LogP contribution in [0, 0.1) is 0 Å². The average molecular weight is 308 g/mol. The number of esters is 1. The SMILES string of the molecule is C[C@@H](C[NH+]1CCOCC1)OC(=O)c1ccc2c(c1)OCCO2. The van der Waals surface area contributed by atoms with Gasteiger partial charge in [-0.3, -0.25) is 0 Å². The highest BCUT2D eigenvalue weighted by Gasteiger charge is 2.21. The maximum absolute atomic E-state index is 12.2. The van der Waals surface area contributed by atoms with Crippen LogP contribution in [0.5, 0.6) is 11.5 Å². The summed E-state index contributed by atoms with van der Waals surface area (Å²) in [5.74, 6) is 0.956. The highest BCUT2D eigenvalue weighted by molar-refractivity contribution is 5.90. The number of fused-ring (bicyclic) bond motifs is 1. The van der Waals surface area contributed by atoms with Gasteiger partial charge in [-0.25, -0.2) is 4.79 Å². The van der Waals surface area contributed by atoms with Gasteiger partial charge in [0.25, 0.3) is 0 Å². The predicted molar refractivity (Wildman–Crippen MR) is 78.7 cm³/mol. The van der Waals surface area contributed by atoms with Gasteiger partial charge < -0.3 is 23.8 Å². The van der Waals surface area contributed by atoms with Gasteiger partial charge in [0.1, 0.15) is 39.0 Å². The first-order valence-electron chi connectivity index (χ1n) is 7.74. The number of ether oxygens (including phenoxy) is 4. The third-order valence-corrected chi connectivity index (χ3v) is 3.86. The van der Waals surface area contributed by atoms with E-state index in [0.717, 1.165) is 32.8 Å². The molecule has 1 aromatic carbocycles. The highest BCUT2D eigenvalue weighted by Crippen LogP contribution is 2.30. The van der Waals surface area contributed by atoms with E-state index >= 15 is 0 Å². The van der Waals surface area contributed by atoms with Crippen molar-refractivity contribution in [2.24, 2.45) is 0 Å². The van der Waals surface area contributed by atoms with E-state index in [0.29, 0.717) is 30.3 Å². The average Bonchev–Trinajstić information content (AvgIpc) is 2.55. The van der Waals surface area contributed by atoms with Crippen LogP contribution in [0.15, 0.2) is 18.2 Å². The Morgan fingerprint density at radius 1 is 1.18 bits per heavy atom. The van der Waals surface area contributed by atoms with Crippen LogP contribution < -0.4 is 14.4 Å². The van der Waals surface area contributed by atoms with Gasteiger partial charge in [-0.15, -0.1) is 0 Å². The fourth-order valence-electron chi connectivity index (χ4n) is 2.73. The Morgan fingerprint density at radius 3 is 2.68 bits per heavy atom. The maximum atomic E-state index is 12.2. The molecule has 2 aliphatic heterocycles. The lowest BCUT2D eigenvalue weighted by Crippen LogP contribution is -3.15. The Morgan fingerprint density at radius 2 is 1.91 bits per heavy atom. The van der Waals surface area contributed by atoms with Gasteiger partial charge in [0.15, 0.2) is 11.5 Å². The number of benzene rings is 1. The molecule has 1 fully saturated rings. The summed E-state index contributed by atoms with van der Waals surface area (Å²) in [6.07, 6.45) is -0.131. The zero-order chi connectivity index (χ0) is 15.4. The van der Waals surface area contributed by atoms with Crippen molar-refractivity contribution in [1.82, 2.24) is 0 Å². The number of rotatable bonds is 4. The molecule has 1 atom stereocenters. The van der Waals surface area contributed by atoms with Crippen LogP contribution in [0.4, 0.5) is 0 Å². The van der Waals surface area contributed by atoms with E-state index in [4.69, 9.17) is 18.9 Å². The molecule has 1 aromatic rings. The van der Waals surface area contributed by atoms with Crippen molar-refractivity contribution in [3.63, 3.8) is 0 Å². The lowest BCUT2D eigenvalue weighted by Gasteiger charge is -2.26. The van der Waals surface area contributed by atoms with Crippen molar-refractivity contribution < 1.29 is 28.6 Å². The maximum Gasteiger partial charge on any atom is 0.338 e. The number of quaternary nitrogens is 1. The molecule has 0 spiro atoms. The fourth-order valence-corrected chi connectivity index (χ4v) is 2.73. The molecule has 0 aromatic heterocycles. The number of hydrogen-bond donors (Lipinski definition) is 1. The van der Waals surface area contributed by atoms with Crippen LogP contribution in [0.25, 0.3) is 0 Å². The molecule has 0 bridgehead atoms. The second-order valence-electron chi connectivity index (χ2n) is 5.64. The molecule has 22 heavy (non-hydrogen) atoms. The van der Waals surface area contributed by atoms with Gasteiger partial charge in [0.05, 0.1) is 18.8 Å². The third kappa shape index (κ3) is 3.69. The first-order chi connectivity index (χ1) is 10.7. The molecule has 0 amide bonds. The Kier molecular flexibility index (Phi) is 4.80. The number of carbonyl (C=O) groups is 1. The van der Waals surface area contributed by atoms with Crippen molar-refractivity contribution in [3.05, 3.63) is 23.8 Å². The van der Waals surface area contributed by atoms with Gasteiger partial charge in [-0.2, -0.15) is 0 Å². The fraction of sp³-hybridized carbons (Fsp3) is 0.562. The summed E-state index contributed by atoms with van der Waals surface area (Å²) in [4.78, 5) is 13.6. The van der Waals surface area contributed by atoms with Crippen molar-refractivity contribution in [2.45, 2.75) is 13.0 Å². The first kappa shape index (κ1) is 15.1.